The van der Waals surface area contributed by atoms with Gasteiger partial charge in [0.05, 0.1) is 16.6 Å². The molecule has 0 spiro atoms. The number of hydrogen-bond acceptors (Lipinski definition) is 3. The predicted octanol–water partition coefficient (Wildman–Crippen LogP) is 1.96. The Morgan fingerprint density at radius 3 is 2.83 bits per heavy atom. The van der Waals surface area contributed by atoms with E-state index in [0.29, 0.717) is 22.3 Å². The molecule has 2 rings (SSSR count). The zero-order valence-electron chi connectivity index (χ0n) is 9.83. The summed E-state index contributed by atoms with van der Waals surface area (Å²) < 4.78 is 0. The van der Waals surface area contributed by atoms with E-state index in [1.165, 1.54) is 0 Å². The summed E-state index contributed by atoms with van der Waals surface area (Å²) in [7, 11) is 0. The average molecular weight is 288 g/mol. The van der Waals surface area contributed by atoms with Gasteiger partial charge in [0.1, 0.15) is 0 Å². The van der Waals surface area contributed by atoms with Gasteiger partial charge in [0.25, 0.3) is 0 Å². The Kier molecular flexibility index (Phi) is 4.45. The zero-order valence-corrected chi connectivity index (χ0v) is 11.3. The molecule has 0 radical (unpaired) electrons. The van der Waals surface area contributed by atoms with E-state index in [4.69, 9.17) is 28.9 Å². The molecule has 1 atom stereocenters. The number of amides is 1. The van der Waals surface area contributed by atoms with Gasteiger partial charge in [0, 0.05) is 24.8 Å². The van der Waals surface area contributed by atoms with Crippen LogP contribution in [-0.2, 0) is 4.79 Å². The monoisotopic (exact) mass is 287 g/mol. The van der Waals surface area contributed by atoms with Crippen molar-refractivity contribution < 1.29 is 4.79 Å². The molecule has 1 aliphatic heterocycles. The fraction of sp³-hybridized carbons (Fsp3) is 0.417. The molecule has 6 heteroatoms. The summed E-state index contributed by atoms with van der Waals surface area (Å²) in [5.74, 6) is -0.0671. The highest BCUT2D eigenvalue weighted by molar-refractivity contribution is 6.42. The summed E-state index contributed by atoms with van der Waals surface area (Å²) in [4.78, 5) is 13.8. The second-order valence-electron chi connectivity index (χ2n) is 4.46. The van der Waals surface area contributed by atoms with Crippen LogP contribution in [-0.4, -0.2) is 36.5 Å². The third-order valence-electron chi connectivity index (χ3n) is 2.88. The Bertz CT molecular complexity index is 453. The van der Waals surface area contributed by atoms with Crippen molar-refractivity contribution in [2.24, 2.45) is 5.73 Å². The first-order valence-electron chi connectivity index (χ1n) is 5.77. The van der Waals surface area contributed by atoms with Crippen molar-refractivity contribution >= 4 is 34.8 Å². The van der Waals surface area contributed by atoms with Gasteiger partial charge in [-0.3, -0.25) is 9.69 Å². The molecule has 1 aromatic carbocycles. The standard InChI is InChI=1S/C12H15Cl2N3O/c13-10-2-1-9(5-11(10)14)16-12(18)7-17-4-3-8(15)6-17/h1-2,5,8H,3-4,6-7,15H2,(H,16,18). The van der Waals surface area contributed by atoms with E-state index in [1.54, 1.807) is 18.2 Å². The minimum Gasteiger partial charge on any atom is -0.326 e. The average Bonchev–Trinajstić information content (AvgIpc) is 2.69. The lowest BCUT2D eigenvalue weighted by Crippen LogP contribution is -2.33. The van der Waals surface area contributed by atoms with Crippen LogP contribution in [0.5, 0.6) is 0 Å². The van der Waals surface area contributed by atoms with Crippen molar-refractivity contribution in [3.8, 4) is 0 Å². The number of carbonyl (C=O) groups is 1. The van der Waals surface area contributed by atoms with E-state index in [-0.39, 0.29) is 11.9 Å². The molecule has 98 valence electrons. The van der Waals surface area contributed by atoms with Crippen LogP contribution in [0.15, 0.2) is 18.2 Å². The van der Waals surface area contributed by atoms with Gasteiger partial charge < -0.3 is 11.1 Å². The lowest BCUT2D eigenvalue weighted by molar-refractivity contribution is -0.117. The van der Waals surface area contributed by atoms with Crippen LogP contribution in [0.2, 0.25) is 10.0 Å². The molecule has 3 N–H and O–H groups in total. The van der Waals surface area contributed by atoms with Gasteiger partial charge in [-0.05, 0) is 24.6 Å². The number of hydrogen-bond donors (Lipinski definition) is 2. The Morgan fingerprint density at radius 1 is 1.44 bits per heavy atom. The molecule has 4 nitrogen and oxygen atoms in total. The lowest BCUT2D eigenvalue weighted by Gasteiger charge is -2.14. The van der Waals surface area contributed by atoms with E-state index in [2.05, 4.69) is 5.32 Å². The predicted molar refractivity (Wildman–Crippen MR) is 74.1 cm³/mol. The van der Waals surface area contributed by atoms with Crippen LogP contribution >= 0.6 is 23.2 Å². The minimum absolute atomic E-state index is 0.0671. The lowest BCUT2D eigenvalue weighted by atomic mass is 10.3. The summed E-state index contributed by atoms with van der Waals surface area (Å²) >= 11 is 11.7. The Labute approximate surface area is 116 Å². The second kappa shape index (κ2) is 5.89. The molecule has 0 bridgehead atoms. The summed E-state index contributed by atoms with van der Waals surface area (Å²) in [5, 5.41) is 3.69. The normalized spacial score (nSPS) is 20.1. The number of nitrogens with one attached hydrogen (secondary N) is 1. The van der Waals surface area contributed by atoms with Crippen molar-refractivity contribution in [2.75, 3.05) is 25.0 Å². The van der Waals surface area contributed by atoms with E-state index in [0.717, 1.165) is 19.5 Å². The molecule has 1 saturated heterocycles. The molecule has 1 heterocycles. The number of anilines is 1. The third kappa shape index (κ3) is 3.59. The number of halogens is 2. The summed E-state index contributed by atoms with van der Waals surface area (Å²) in [6, 6.07) is 5.20. The van der Waals surface area contributed by atoms with Crippen LogP contribution in [0.3, 0.4) is 0 Å². The first-order valence-corrected chi connectivity index (χ1v) is 6.53. The molecule has 1 unspecified atom stereocenters. The molecule has 1 aliphatic rings. The number of nitrogens with two attached hydrogens (primary N) is 1. The topological polar surface area (TPSA) is 58.4 Å². The smallest absolute Gasteiger partial charge is 0.238 e. The van der Waals surface area contributed by atoms with Gasteiger partial charge in [0.15, 0.2) is 0 Å². The molecular weight excluding hydrogens is 273 g/mol. The van der Waals surface area contributed by atoms with Crippen LogP contribution in [0, 0.1) is 0 Å². The second-order valence-corrected chi connectivity index (χ2v) is 5.28. The van der Waals surface area contributed by atoms with Crippen LogP contribution in [0.1, 0.15) is 6.42 Å². The number of benzene rings is 1. The highest BCUT2D eigenvalue weighted by atomic mass is 35.5. The molecule has 0 saturated carbocycles. The Balaban J connectivity index is 1.89. The van der Waals surface area contributed by atoms with E-state index < -0.39 is 0 Å². The van der Waals surface area contributed by atoms with Crippen molar-refractivity contribution in [3.63, 3.8) is 0 Å². The van der Waals surface area contributed by atoms with Crippen LogP contribution in [0.4, 0.5) is 5.69 Å². The Hall–Kier alpha value is -0.810. The van der Waals surface area contributed by atoms with Crippen molar-refractivity contribution in [3.05, 3.63) is 28.2 Å². The molecule has 1 aromatic rings. The molecule has 0 aromatic heterocycles. The molecule has 0 aliphatic carbocycles. The molecule has 1 fully saturated rings. The van der Waals surface area contributed by atoms with E-state index in [9.17, 15) is 4.79 Å². The number of likely N-dealkylation sites (tertiary alicyclic amines) is 1. The van der Waals surface area contributed by atoms with Gasteiger partial charge >= 0.3 is 0 Å². The van der Waals surface area contributed by atoms with Crippen molar-refractivity contribution in [2.45, 2.75) is 12.5 Å². The highest BCUT2D eigenvalue weighted by Crippen LogP contribution is 2.24. The first kappa shape index (κ1) is 13.6. The van der Waals surface area contributed by atoms with Crippen molar-refractivity contribution in [1.29, 1.82) is 0 Å². The fourth-order valence-corrected chi connectivity index (χ4v) is 2.28. The maximum absolute atomic E-state index is 11.8. The maximum atomic E-state index is 11.8. The number of nitrogens with zero attached hydrogens (tertiary/aromatic N) is 1. The van der Waals surface area contributed by atoms with Gasteiger partial charge in [-0.1, -0.05) is 23.2 Å². The maximum Gasteiger partial charge on any atom is 0.238 e. The van der Waals surface area contributed by atoms with E-state index >= 15 is 0 Å². The summed E-state index contributed by atoms with van der Waals surface area (Å²) in [6.45, 7) is 2.00. The SMILES string of the molecule is NC1CCN(CC(=O)Nc2ccc(Cl)c(Cl)c2)C1. The summed E-state index contributed by atoms with van der Waals surface area (Å²) in [6.07, 6.45) is 0.944. The van der Waals surface area contributed by atoms with Gasteiger partial charge in [-0.2, -0.15) is 0 Å². The first-order chi connectivity index (χ1) is 8.54. The molecule has 18 heavy (non-hydrogen) atoms. The van der Waals surface area contributed by atoms with E-state index in [1.807, 2.05) is 4.90 Å². The fourth-order valence-electron chi connectivity index (χ4n) is 1.98. The number of carbonyl (C=O) groups excluding carboxylic acids is 1. The van der Waals surface area contributed by atoms with Gasteiger partial charge in [0.2, 0.25) is 5.91 Å². The number of rotatable bonds is 3. The van der Waals surface area contributed by atoms with Crippen LogP contribution in [0.25, 0.3) is 0 Å². The van der Waals surface area contributed by atoms with Gasteiger partial charge in [-0.25, -0.2) is 0 Å². The molecule has 1 amide bonds. The minimum atomic E-state index is -0.0671. The Morgan fingerprint density at radius 2 is 2.22 bits per heavy atom. The third-order valence-corrected chi connectivity index (χ3v) is 3.62. The highest BCUT2D eigenvalue weighted by Gasteiger charge is 2.20. The molecular formula is C12H15Cl2N3O. The zero-order chi connectivity index (χ0) is 13.1. The summed E-state index contributed by atoms with van der Waals surface area (Å²) in [5.41, 5.74) is 6.44. The largest absolute Gasteiger partial charge is 0.326 e. The van der Waals surface area contributed by atoms with Crippen molar-refractivity contribution in [1.82, 2.24) is 4.90 Å². The quantitative estimate of drug-likeness (QED) is 0.894. The van der Waals surface area contributed by atoms with Crippen LogP contribution < -0.4 is 11.1 Å². The van der Waals surface area contributed by atoms with Gasteiger partial charge in [-0.15, -0.1) is 0 Å².